The summed E-state index contributed by atoms with van der Waals surface area (Å²) in [4.78, 5) is 14.7. The Morgan fingerprint density at radius 2 is 1.79 bits per heavy atom. The van der Waals surface area contributed by atoms with E-state index in [0.29, 0.717) is 15.7 Å². The quantitative estimate of drug-likeness (QED) is 0.504. The van der Waals surface area contributed by atoms with E-state index in [-0.39, 0.29) is 5.57 Å². The van der Waals surface area contributed by atoms with E-state index < -0.39 is 5.91 Å². The molecule has 2 aromatic carbocycles. The maximum atomic E-state index is 12.3. The molecule has 0 bridgehead atoms. The molecule has 144 valence electrons. The van der Waals surface area contributed by atoms with E-state index in [2.05, 4.69) is 15.5 Å². The second kappa shape index (κ2) is 9.50. The van der Waals surface area contributed by atoms with Crippen molar-refractivity contribution in [3.05, 3.63) is 64.3 Å². The van der Waals surface area contributed by atoms with Gasteiger partial charge in [-0.3, -0.25) is 4.79 Å². The molecule has 0 spiro atoms. The van der Waals surface area contributed by atoms with Crippen molar-refractivity contribution < 1.29 is 4.79 Å². The van der Waals surface area contributed by atoms with E-state index in [1.807, 2.05) is 30.3 Å². The number of amides is 1. The zero-order chi connectivity index (χ0) is 19.9. The van der Waals surface area contributed by atoms with Gasteiger partial charge in [-0.1, -0.05) is 23.2 Å². The lowest BCUT2D eigenvalue weighted by Gasteiger charge is -2.28. The summed E-state index contributed by atoms with van der Waals surface area (Å²) in [6.07, 6.45) is 5.12. The molecular weight excluding hydrogens is 395 g/mol. The number of carbonyl (C=O) groups excluding carboxylic acids is 1. The molecule has 7 heteroatoms. The molecule has 0 unspecified atom stereocenters. The lowest BCUT2D eigenvalue weighted by molar-refractivity contribution is -0.112. The summed E-state index contributed by atoms with van der Waals surface area (Å²) >= 11 is 11.9. The molecule has 2 aromatic rings. The van der Waals surface area contributed by atoms with Gasteiger partial charge in [-0.15, -0.1) is 0 Å². The maximum Gasteiger partial charge on any atom is 0.267 e. The van der Waals surface area contributed by atoms with Gasteiger partial charge in [0, 0.05) is 35.7 Å². The monoisotopic (exact) mass is 414 g/mol. The van der Waals surface area contributed by atoms with E-state index in [4.69, 9.17) is 23.2 Å². The topological polar surface area (TPSA) is 68.2 Å². The number of nitrogens with one attached hydrogen (secondary N) is 2. The third-order valence-electron chi connectivity index (χ3n) is 4.52. The Balaban J connectivity index is 1.64. The van der Waals surface area contributed by atoms with Crippen LogP contribution in [0.4, 0.5) is 17.1 Å². The predicted octanol–water partition coefficient (Wildman–Crippen LogP) is 5.44. The van der Waals surface area contributed by atoms with Crippen molar-refractivity contribution in [2.75, 3.05) is 28.6 Å². The van der Waals surface area contributed by atoms with Gasteiger partial charge in [0.1, 0.15) is 11.6 Å². The Morgan fingerprint density at radius 3 is 2.43 bits per heavy atom. The van der Waals surface area contributed by atoms with Crippen molar-refractivity contribution in [1.82, 2.24) is 0 Å². The summed E-state index contributed by atoms with van der Waals surface area (Å²) in [7, 11) is 0. The van der Waals surface area contributed by atoms with Gasteiger partial charge in [-0.05, 0) is 61.7 Å². The number of rotatable bonds is 5. The third kappa shape index (κ3) is 5.19. The fourth-order valence-corrected chi connectivity index (χ4v) is 3.46. The average Bonchev–Trinajstić information content (AvgIpc) is 2.72. The van der Waals surface area contributed by atoms with Crippen LogP contribution in [0.25, 0.3) is 0 Å². The number of piperidine rings is 1. The van der Waals surface area contributed by atoms with E-state index >= 15 is 0 Å². The molecule has 1 aliphatic rings. The second-order valence-corrected chi connectivity index (χ2v) is 7.33. The molecule has 1 saturated heterocycles. The standard InChI is InChI=1S/C21H20Cl2N4O/c22-16-4-9-20(19(23)12-16)26-21(28)15(13-24)14-25-17-5-7-18(8-6-17)27-10-2-1-3-11-27/h4-9,12,14,25H,1-3,10-11H2,(H,26,28)/b15-14-. The molecule has 5 nitrogen and oxygen atoms in total. The van der Waals surface area contributed by atoms with Gasteiger partial charge < -0.3 is 15.5 Å². The smallest absolute Gasteiger partial charge is 0.267 e. The van der Waals surface area contributed by atoms with E-state index in [1.165, 1.54) is 37.2 Å². The van der Waals surface area contributed by atoms with Crippen LogP contribution in [0.5, 0.6) is 0 Å². The first-order valence-electron chi connectivity index (χ1n) is 9.05. The maximum absolute atomic E-state index is 12.3. The van der Waals surface area contributed by atoms with E-state index in [0.717, 1.165) is 18.8 Å². The Kier molecular flexibility index (Phi) is 6.80. The number of nitrogens with zero attached hydrogens (tertiary/aromatic N) is 2. The first kappa shape index (κ1) is 20.1. The summed E-state index contributed by atoms with van der Waals surface area (Å²) < 4.78 is 0. The average molecular weight is 415 g/mol. The highest BCUT2D eigenvalue weighted by atomic mass is 35.5. The van der Waals surface area contributed by atoms with Crippen LogP contribution >= 0.6 is 23.2 Å². The van der Waals surface area contributed by atoms with Crippen molar-refractivity contribution in [2.45, 2.75) is 19.3 Å². The Labute approximate surface area is 174 Å². The summed E-state index contributed by atoms with van der Waals surface area (Å²) in [6, 6.07) is 14.6. The largest absolute Gasteiger partial charge is 0.372 e. The number of anilines is 3. The van der Waals surface area contributed by atoms with Crippen molar-refractivity contribution >= 4 is 46.2 Å². The van der Waals surface area contributed by atoms with Gasteiger partial charge in [-0.2, -0.15) is 5.26 Å². The van der Waals surface area contributed by atoms with Crippen molar-refractivity contribution in [3.8, 4) is 6.07 Å². The SMILES string of the molecule is N#C/C(=C/Nc1ccc(N2CCCCC2)cc1)C(=O)Nc1ccc(Cl)cc1Cl. The molecule has 3 rings (SSSR count). The Hall–Kier alpha value is -2.68. The van der Waals surface area contributed by atoms with Crippen LogP contribution in [0.2, 0.25) is 10.0 Å². The summed E-state index contributed by atoms with van der Waals surface area (Å²) in [5.41, 5.74) is 2.31. The van der Waals surface area contributed by atoms with Crippen molar-refractivity contribution in [1.29, 1.82) is 5.26 Å². The second-order valence-electron chi connectivity index (χ2n) is 6.49. The van der Waals surface area contributed by atoms with E-state index in [1.54, 1.807) is 12.1 Å². The number of halogens is 2. The minimum atomic E-state index is -0.552. The lowest BCUT2D eigenvalue weighted by atomic mass is 10.1. The fraction of sp³-hybridized carbons (Fsp3) is 0.238. The highest BCUT2D eigenvalue weighted by Gasteiger charge is 2.12. The van der Waals surface area contributed by atoms with Crippen LogP contribution in [-0.4, -0.2) is 19.0 Å². The Bertz CT molecular complexity index is 913. The minimum Gasteiger partial charge on any atom is -0.372 e. The van der Waals surface area contributed by atoms with Crippen molar-refractivity contribution in [2.24, 2.45) is 0 Å². The van der Waals surface area contributed by atoms with Gasteiger partial charge in [0.25, 0.3) is 5.91 Å². The van der Waals surface area contributed by atoms with Crippen LogP contribution in [0.1, 0.15) is 19.3 Å². The van der Waals surface area contributed by atoms with Gasteiger partial charge in [0.2, 0.25) is 0 Å². The fourth-order valence-electron chi connectivity index (χ4n) is 3.01. The summed E-state index contributed by atoms with van der Waals surface area (Å²) in [5, 5.41) is 15.7. The number of hydrogen-bond donors (Lipinski definition) is 2. The number of nitriles is 1. The van der Waals surface area contributed by atoms with E-state index in [9.17, 15) is 10.1 Å². The first-order chi connectivity index (χ1) is 13.6. The molecule has 0 aliphatic carbocycles. The molecule has 1 fully saturated rings. The third-order valence-corrected chi connectivity index (χ3v) is 5.06. The lowest BCUT2D eigenvalue weighted by Crippen LogP contribution is -2.29. The minimum absolute atomic E-state index is 0.0638. The molecule has 2 N–H and O–H groups in total. The van der Waals surface area contributed by atoms with Gasteiger partial charge in [0.05, 0.1) is 10.7 Å². The molecular formula is C21H20Cl2N4O. The molecule has 28 heavy (non-hydrogen) atoms. The van der Waals surface area contributed by atoms with Gasteiger partial charge in [0.15, 0.2) is 0 Å². The molecule has 0 radical (unpaired) electrons. The highest BCUT2D eigenvalue weighted by Crippen LogP contribution is 2.26. The van der Waals surface area contributed by atoms with Crippen LogP contribution in [0, 0.1) is 11.3 Å². The predicted molar refractivity (Wildman–Crippen MR) is 115 cm³/mol. The molecule has 0 saturated carbocycles. The molecule has 0 aromatic heterocycles. The first-order valence-corrected chi connectivity index (χ1v) is 9.80. The van der Waals surface area contributed by atoms with Crippen LogP contribution in [0.3, 0.4) is 0 Å². The van der Waals surface area contributed by atoms with Crippen LogP contribution < -0.4 is 15.5 Å². The number of carbonyl (C=O) groups is 1. The van der Waals surface area contributed by atoms with Crippen LogP contribution in [0.15, 0.2) is 54.2 Å². The molecule has 1 aliphatic heterocycles. The normalized spacial score (nSPS) is 14.3. The van der Waals surface area contributed by atoms with Gasteiger partial charge >= 0.3 is 0 Å². The number of hydrogen-bond acceptors (Lipinski definition) is 4. The van der Waals surface area contributed by atoms with Crippen molar-refractivity contribution in [3.63, 3.8) is 0 Å². The van der Waals surface area contributed by atoms with Crippen LogP contribution in [-0.2, 0) is 4.79 Å². The zero-order valence-electron chi connectivity index (χ0n) is 15.2. The molecule has 1 heterocycles. The van der Waals surface area contributed by atoms with Gasteiger partial charge in [-0.25, -0.2) is 0 Å². The Morgan fingerprint density at radius 1 is 1.07 bits per heavy atom. The zero-order valence-corrected chi connectivity index (χ0v) is 16.7. The summed E-state index contributed by atoms with van der Waals surface area (Å²) in [6.45, 7) is 2.16. The number of benzene rings is 2. The molecule has 0 atom stereocenters. The summed E-state index contributed by atoms with van der Waals surface area (Å²) in [5.74, 6) is -0.552. The molecule has 1 amide bonds. The highest BCUT2D eigenvalue weighted by molar-refractivity contribution is 6.36.